The van der Waals surface area contributed by atoms with Crippen LogP contribution in [-0.4, -0.2) is 34.7 Å². The average Bonchev–Trinajstić information content (AvgIpc) is 2.99. The quantitative estimate of drug-likeness (QED) is 0.886. The number of aromatic nitrogens is 1. The van der Waals surface area contributed by atoms with Gasteiger partial charge in [0.05, 0.1) is 17.8 Å². The van der Waals surface area contributed by atoms with Crippen molar-refractivity contribution in [1.82, 2.24) is 9.27 Å². The summed E-state index contributed by atoms with van der Waals surface area (Å²) in [5, 5.41) is 2.71. The minimum atomic E-state index is -0.269. The summed E-state index contributed by atoms with van der Waals surface area (Å²) in [5.41, 5.74) is 0.810. The molecule has 0 atom stereocenters. The second-order valence-corrected chi connectivity index (χ2v) is 6.64. The van der Waals surface area contributed by atoms with Gasteiger partial charge in [0.25, 0.3) is 11.8 Å². The van der Waals surface area contributed by atoms with Crippen LogP contribution in [0, 0.1) is 0 Å². The van der Waals surface area contributed by atoms with Crippen LogP contribution >= 0.6 is 27.5 Å². The number of anilines is 1. The first-order valence-electron chi connectivity index (χ1n) is 6.46. The molecule has 1 aliphatic heterocycles. The van der Waals surface area contributed by atoms with E-state index < -0.39 is 0 Å². The summed E-state index contributed by atoms with van der Waals surface area (Å²) in [5.74, 6) is 0.0225. The number of fused-ring (bicyclic) bond motifs is 1. The normalized spacial score (nSPS) is 13.1. The highest BCUT2D eigenvalue weighted by Crippen LogP contribution is 2.35. The van der Waals surface area contributed by atoms with Crippen molar-refractivity contribution < 1.29 is 14.3 Å². The standard InChI is InChI=1S/C14H12BrN3O3S/c1-18(6-9-2-3-16-22-9)14(20)10-4-8(15)5-11-13(10)17-12(19)7-21-11/h2-5H,6-7H2,1H3,(H,17,19). The molecule has 0 unspecified atom stereocenters. The molecule has 6 nitrogen and oxygen atoms in total. The lowest BCUT2D eigenvalue weighted by Gasteiger charge is -2.23. The molecule has 1 N–H and O–H groups in total. The summed E-state index contributed by atoms with van der Waals surface area (Å²) in [6, 6.07) is 5.28. The van der Waals surface area contributed by atoms with Crippen molar-refractivity contribution in [2.24, 2.45) is 0 Å². The Labute approximate surface area is 139 Å². The predicted molar refractivity (Wildman–Crippen MR) is 86.2 cm³/mol. The molecule has 0 saturated carbocycles. The Hall–Kier alpha value is -1.93. The molecule has 1 aliphatic rings. The van der Waals surface area contributed by atoms with Gasteiger partial charge in [0.2, 0.25) is 0 Å². The zero-order valence-electron chi connectivity index (χ0n) is 11.6. The monoisotopic (exact) mass is 381 g/mol. The van der Waals surface area contributed by atoms with Crippen LogP contribution in [0.3, 0.4) is 0 Å². The van der Waals surface area contributed by atoms with Crippen LogP contribution in [0.15, 0.2) is 28.9 Å². The number of carbonyl (C=O) groups is 2. The molecule has 8 heteroatoms. The highest BCUT2D eigenvalue weighted by molar-refractivity contribution is 9.10. The van der Waals surface area contributed by atoms with Gasteiger partial charge in [0.1, 0.15) is 5.75 Å². The van der Waals surface area contributed by atoms with Crippen LogP contribution in [0.1, 0.15) is 15.2 Å². The topological polar surface area (TPSA) is 71.5 Å². The van der Waals surface area contributed by atoms with Crippen molar-refractivity contribution >= 4 is 45.0 Å². The smallest absolute Gasteiger partial charge is 0.262 e. The molecule has 0 spiro atoms. The van der Waals surface area contributed by atoms with E-state index in [1.807, 2.05) is 6.07 Å². The minimum absolute atomic E-state index is 0.0478. The Kier molecular flexibility index (Phi) is 4.12. The molecule has 0 saturated heterocycles. The van der Waals surface area contributed by atoms with Gasteiger partial charge in [-0.3, -0.25) is 9.59 Å². The van der Waals surface area contributed by atoms with Crippen molar-refractivity contribution in [3.05, 3.63) is 39.3 Å². The second-order valence-electron chi connectivity index (χ2n) is 4.80. The van der Waals surface area contributed by atoms with Gasteiger partial charge >= 0.3 is 0 Å². The van der Waals surface area contributed by atoms with E-state index in [0.29, 0.717) is 23.5 Å². The molecule has 22 heavy (non-hydrogen) atoms. The predicted octanol–water partition coefficient (Wildman–Crippen LogP) is 2.51. The van der Waals surface area contributed by atoms with Gasteiger partial charge in [-0.25, -0.2) is 4.37 Å². The van der Waals surface area contributed by atoms with E-state index in [1.54, 1.807) is 30.3 Å². The van der Waals surface area contributed by atoms with E-state index in [-0.39, 0.29) is 18.4 Å². The third kappa shape index (κ3) is 2.97. The van der Waals surface area contributed by atoms with E-state index in [0.717, 1.165) is 9.35 Å². The number of ether oxygens (including phenoxy) is 1. The van der Waals surface area contributed by atoms with Gasteiger partial charge in [-0.1, -0.05) is 15.9 Å². The molecule has 2 amide bonds. The van der Waals surface area contributed by atoms with Crippen molar-refractivity contribution in [2.75, 3.05) is 19.0 Å². The van der Waals surface area contributed by atoms with Crippen molar-refractivity contribution in [2.45, 2.75) is 6.54 Å². The fourth-order valence-electron chi connectivity index (χ4n) is 2.15. The van der Waals surface area contributed by atoms with Crippen molar-refractivity contribution in [3.63, 3.8) is 0 Å². The van der Waals surface area contributed by atoms with E-state index in [4.69, 9.17) is 4.74 Å². The molecule has 2 aromatic rings. The summed E-state index contributed by atoms with van der Waals surface area (Å²) in [7, 11) is 1.71. The Bertz CT molecular complexity index is 733. The number of amides is 2. The van der Waals surface area contributed by atoms with Crippen LogP contribution in [0.4, 0.5) is 5.69 Å². The average molecular weight is 382 g/mol. The van der Waals surface area contributed by atoms with Gasteiger partial charge in [-0.05, 0) is 29.7 Å². The Morgan fingerprint density at radius 1 is 1.55 bits per heavy atom. The van der Waals surface area contributed by atoms with Crippen molar-refractivity contribution in [1.29, 1.82) is 0 Å². The molecular weight excluding hydrogens is 370 g/mol. The summed E-state index contributed by atoms with van der Waals surface area (Å²) in [4.78, 5) is 26.8. The second kappa shape index (κ2) is 6.05. The number of nitrogens with zero attached hydrogens (tertiary/aromatic N) is 2. The minimum Gasteiger partial charge on any atom is -0.482 e. The summed E-state index contributed by atoms with van der Waals surface area (Å²) in [6.07, 6.45) is 1.70. The van der Waals surface area contributed by atoms with Crippen LogP contribution in [0.2, 0.25) is 0 Å². The zero-order valence-corrected chi connectivity index (χ0v) is 14.0. The Balaban J connectivity index is 1.91. The Morgan fingerprint density at radius 2 is 2.36 bits per heavy atom. The van der Waals surface area contributed by atoms with Gasteiger partial charge in [-0.2, -0.15) is 0 Å². The third-order valence-electron chi connectivity index (χ3n) is 3.15. The van der Waals surface area contributed by atoms with E-state index in [2.05, 4.69) is 25.6 Å². The van der Waals surface area contributed by atoms with Crippen LogP contribution in [0.25, 0.3) is 0 Å². The fraction of sp³-hybridized carbons (Fsp3) is 0.214. The van der Waals surface area contributed by atoms with E-state index >= 15 is 0 Å². The SMILES string of the molecule is CN(Cc1ccns1)C(=O)c1cc(Br)cc2c1NC(=O)CO2. The van der Waals surface area contributed by atoms with Gasteiger partial charge in [0.15, 0.2) is 6.61 Å². The maximum Gasteiger partial charge on any atom is 0.262 e. The number of carbonyl (C=O) groups excluding carboxylic acids is 2. The number of hydrogen-bond acceptors (Lipinski definition) is 5. The maximum absolute atomic E-state index is 12.7. The van der Waals surface area contributed by atoms with Gasteiger partial charge in [-0.15, -0.1) is 0 Å². The highest BCUT2D eigenvalue weighted by atomic mass is 79.9. The number of nitrogens with one attached hydrogen (secondary N) is 1. The number of halogens is 1. The first-order chi connectivity index (χ1) is 10.5. The lowest BCUT2D eigenvalue weighted by Crippen LogP contribution is -2.30. The van der Waals surface area contributed by atoms with Crippen LogP contribution in [0.5, 0.6) is 5.75 Å². The number of rotatable bonds is 3. The molecule has 3 rings (SSSR count). The molecule has 2 heterocycles. The first-order valence-corrected chi connectivity index (χ1v) is 8.02. The van der Waals surface area contributed by atoms with Gasteiger partial charge < -0.3 is 15.0 Å². The molecule has 0 radical (unpaired) electrons. The third-order valence-corrected chi connectivity index (χ3v) is 4.34. The molecule has 1 aromatic carbocycles. The van der Waals surface area contributed by atoms with Crippen molar-refractivity contribution in [3.8, 4) is 5.75 Å². The highest BCUT2D eigenvalue weighted by Gasteiger charge is 2.25. The summed E-state index contributed by atoms with van der Waals surface area (Å²) in [6.45, 7) is 0.410. The maximum atomic E-state index is 12.7. The fourth-order valence-corrected chi connectivity index (χ4v) is 3.21. The molecule has 1 aromatic heterocycles. The van der Waals surface area contributed by atoms with Crippen LogP contribution in [-0.2, 0) is 11.3 Å². The zero-order chi connectivity index (χ0) is 15.7. The molecular formula is C14H12BrN3O3S. The molecule has 0 aliphatic carbocycles. The summed E-state index contributed by atoms with van der Waals surface area (Å²) >= 11 is 4.71. The van der Waals surface area contributed by atoms with E-state index in [9.17, 15) is 9.59 Å². The molecule has 0 bridgehead atoms. The van der Waals surface area contributed by atoms with Crippen LogP contribution < -0.4 is 10.1 Å². The lowest BCUT2D eigenvalue weighted by atomic mass is 10.1. The summed E-state index contributed by atoms with van der Waals surface area (Å²) < 4.78 is 10.1. The number of benzene rings is 1. The lowest BCUT2D eigenvalue weighted by molar-refractivity contribution is -0.118. The van der Waals surface area contributed by atoms with E-state index in [1.165, 1.54) is 11.5 Å². The number of hydrogen-bond donors (Lipinski definition) is 1. The largest absolute Gasteiger partial charge is 0.482 e. The molecule has 114 valence electrons. The van der Waals surface area contributed by atoms with Gasteiger partial charge in [0, 0.05) is 22.6 Å². The first kappa shape index (κ1) is 15.0. The Morgan fingerprint density at radius 3 is 3.09 bits per heavy atom. The molecule has 0 fully saturated rings.